The number of nitrogens with one attached hydrogen (secondary N) is 1. The van der Waals surface area contributed by atoms with Crippen molar-refractivity contribution in [2.45, 2.75) is 70.4 Å². The van der Waals surface area contributed by atoms with Crippen LogP contribution in [-0.4, -0.2) is 46.7 Å². The summed E-state index contributed by atoms with van der Waals surface area (Å²) in [5, 5.41) is 4.33. The highest BCUT2D eigenvalue weighted by atomic mass is 16.5. The van der Waals surface area contributed by atoms with Gasteiger partial charge in [-0.2, -0.15) is 5.10 Å². The number of rotatable bonds is 6. The van der Waals surface area contributed by atoms with Crippen molar-refractivity contribution in [3.05, 3.63) is 48.0 Å². The zero-order valence-electron chi connectivity index (χ0n) is 20.9. The molecule has 3 aromatic rings. The third kappa shape index (κ3) is 4.64. The second-order valence-corrected chi connectivity index (χ2v) is 10.3. The number of carbonyl (C=O) groups excluding carboxylic acids is 1. The Morgan fingerprint density at radius 1 is 1.03 bits per heavy atom. The molecule has 0 bridgehead atoms. The van der Waals surface area contributed by atoms with Crippen LogP contribution in [0.5, 0.6) is 5.75 Å². The van der Waals surface area contributed by atoms with Crippen molar-refractivity contribution >= 4 is 22.7 Å². The number of amides is 1. The van der Waals surface area contributed by atoms with Gasteiger partial charge in [-0.05, 0) is 88.0 Å². The maximum atomic E-state index is 11.7. The molecule has 2 aromatic carbocycles. The Morgan fingerprint density at radius 3 is 2.64 bits per heavy atom. The number of benzene rings is 2. The van der Waals surface area contributed by atoms with Crippen LogP contribution in [0.1, 0.15) is 63.9 Å². The van der Waals surface area contributed by atoms with Crippen LogP contribution in [0.25, 0.3) is 22.6 Å². The van der Waals surface area contributed by atoms with E-state index in [4.69, 9.17) is 14.1 Å². The van der Waals surface area contributed by atoms with Crippen LogP contribution < -0.4 is 10.2 Å². The molecule has 0 spiro atoms. The number of likely N-dealkylation sites (tertiary alicyclic amines) is 1. The maximum Gasteiger partial charge on any atom is 0.240 e. The summed E-state index contributed by atoms with van der Waals surface area (Å²) in [6, 6.07) is 14.6. The lowest BCUT2D eigenvalue weighted by Crippen LogP contribution is -2.45. The molecule has 1 aromatic heterocycles. The molecule has 1 N–H and O–H groups in total. The van der Waals surface area contributed by atoms with Gasteiger partial charge in [0, 0.05) is 29.5 Å². The van der Waals surface area contributed by atoms with Gasteiger partial charge < -0.3 is 9.15 Å². The standard InChI is InChI=1S/C29H34N4O3/c1-2-19-18-27(34)31-32-28(19)21-11-14-23-26(17-21)36-29(30-23)20-9-12-22(13-10-20)35-25-8-6-7-24(25)33-15-4-3-5-16-33/h9-14,17,19,24-25H,2-8,15-16,18H2,1H3,(H,31,34)/t19?,24-,25-/m1/s1. The van der Waals surface area contributed by atoms with E-state index in [1.165, 1.54) is 45.2 Å². The van der Waals surface area contributed by atoms with E-state index in [0.29, 0.717) is 23.9 Å². The van der Waals surface area contributed by atoms with Crippen molar-refractivity contribution in [1.29, 1.82) is 0 Å². The topological polar surface area (TPSA) is 80.0 Å². The fraction of sp³-hybridized carbons (Fsp3) is 0.483. The molecule has 7 heteroatoms. The molecule has 1 amide bonds. The molecule has 3 atom stereocenters. The highest BCUT2D eigenvalue weighted by molar-refractivity contribution is 6.07. The van der Waals surface area contributed by atoms with Crippen LogP contribution in [0.3, 0.4) is 0 Å². The Labute approximate surface area is 211 Å². The van der Waals surface area contributed by atoms with Gasteiger partial charge in [0.25, 0.3) is 0 Å². The van der Waals surface area contributed by atoms with Crippen LogP contribution >= 0.6 is 0 Å². The molecule has 7 nitrogen and oxygen atoms in total. The fourth-order valence-corrected chi connectivity index (χ4v) is 5.99. The number of hydrazone groups is 1. The summed E-state index contributed by atoms with van der Waals surface area (Å²) in [5.74, 6) is 1.58. The van der Waals surface area contributed by atoms with Crippen molar-refractivity contribution in [2.75, 3.05) is 13.1 Å². The molecule has 1 saturated heterocycles. The molecular weight excluding hydrogens is 452 g/mol. The minimum absolute atomic E-state index is 0.0315. The van der Waals surface area contributed by atoms with Crippen molar-refractivity contribution in [1.82, 2.24) is 15.3 Å². The minimum Gasteiger partial charge on any atom is -0.489 e. The Balaban J connectivity index is 1.18. The van der Waals surface area contributed by atoms with Crippen molar-refractivity contribution < 1.29 is 13.9 Å². The first kappa shape index (κ1) is 23.2. The maximum absolute atomic E-state index is 11.7. The van der Waals surface area contributed by atoms with E-state index in [9.17, 15) is 4.79 Å². The van der Waals surface area contributed by atoms with Crippen LogP contribution in [0, 0.1) is 5.92 Å². The lowest BCUT2D eigenvalue weighted by Gasteiger charge is -2.35. The van der Waals surface area contributed by atoms with Crippen LogP contribution in [-0.2, 0) is 4.79 Å². The van der Waals surface area contributed by atoms with Crippen LogP contribution in [0.2, 0.25) is 0 Å². The highest BCUT2D eigenvalue weighted by Crippen LogP contribution is 2.32. The lowest BCUT2D eigenvalue weighted by atomic mass is 9.90. The first-order valence-corrected chi connectivity index (χ1v) is 13.5. The summed E-state index contributed by atoms with van der Waals surface area (Å²) >= 11 is 0. The van der Waals surface area contributed by atoms with E-state index >= 15 is 0 Å². The zero-order chi connectivity index (χ0) is 24.5. The molecule has 3 aliphatic rings. The summed E-state index contributed by atoms with van der Waals surface area (Å²) in [6.07, 6.45) is 9.20. The first-order chi connectivity index (χ1) is 17.7. The van der Waals surface area contributed by atoms with E-state index in [1.807, 2.05) is 42.5 Å². The molecule has 1 saturated carbocycles. The zero-order valence-corrected chi connectivity index (χ0v) is 20.9. The SMILES string of the molecule is CCC1CC(=O)NN=C1c1ccc2nc(-c3ccc(O[C@@H]4CCC[C@H]4N4CCCCC4)cc3)oc2c1. The number of fused-ring (bicyclic) bond motifs is 1. The predicted octanol–water partition coefficient (Wildman–Crippen LogP) is 5.53. The van der Waals surface area contributed by atoms with E-state index in [0.717, 1.165) is 40.9 Å². The van der Waals surface area contributed by atoms with Crippen LogP contribution in [0.4, 0.5) is 0 Å². The third-order valence-corrected chi connectivity index (χ3v) is 7.96. The van der Waals surface area contributed by atoms with Crippen molar-refractivity contribution in [2.24, 2.45) is 11.0 Å². The quantitative estimate of drug-likeness (QED) is 0.495. The van der Waals surface area contributed by atoms with Gasteiger partial charge in [0.15, 0.2) is 5.58 Å². The molecule has 36 heavy (non-hydrogen) atoms. The highest BCUT2D eigenvalue weighted by Gasteiger charge is 2.34. The number of aromatic nitrogens is 1. The third-order valence-electron chi connectivity index (χ3n) is 7.96. The number of piperidine rings is 1. The monoisotopic (exact) mass is 486 g/mol. The average molecular weight is 487 g/mol. The lowest BCUT2D eigenvalue weighted by molar-refractivity contribution is -0.122. The normalized spacial score (nSPS) is 25.1. The number of hydrogen-bond donors (Lipinski definition) is 1. The Bertz CT molecular complexity index is 1260. The smallest absolute Gasteiger partial charge is 0.240 e. The van der Waals surface area contributed by atoms with Crippen molar-refractivity contribution in [3.8, 4) is 17.2 Å². The van der Waals surface area contributed by atoms with E-state index in [1.54, 1.807) is 0 Å². The molecular formula is C29H34N4O3. The van der Waals surface area contributed by atoms with Gasteiger partial charge in [-0.15, -0.1) is 0 Å². The average Bonchev–Trinajstić information content (AvgIpc) is 3.56. The molecule has 0 radical (unpaired) electrons. The van der Waals surface area contributed by atoms with Gasteiger partial charge in [0.2, 0.25) is 11.8 Å². The summed E-state index contributed by atoms with van der Waals surface area (Å²) < 4.78 is 12.6. The second-order valence-electron chi connectivity index (χ2n) is 10.3. The van der Waals surface area contributed by atoms with Gasteiger partial charge in [-0.3, -0.25) is 9.69 Å². The molecule has 2 aliphatic heterocycles. The predicted molar refractivity (Wildman–Crippen MR) is 140 cm³/mol. The van der Waals surface area contributed by atoms with E-state index < -0.39 is 0 Å². The summed E-state index contributed by atoms with van der Waals surface area (Å²) in [6.45, 7) is 4.51. The van der Waals surface area contributed by atoms with Gasteiger partial charge in [0.05, 0.1) is 5.71 Å². The number of carbonyl (C=O) groups is 1. The number of oxazole rings is 1. The fourth-order valence-electron chi connectivity index (χ4n) is 5.99. The first-order valence-electron chi connectivity index (χ1n) is 13.5. The summed E-state index contributed by atoms with van der Waals surface area (Å²) in [4.78, 5) is 19.1. The van der Waals surface area contributed by atoms with Gasteiger partial charge in [-0.25, -0.2) is 10.4 Å². The molecule has 6 rings (SSSR count). The second kappa shape index (κ2) is 10.1. The number of hydrogen-bond acceptors (Lipinski definition) is 6. The summed E-state index contributed by atoms with van der Waals surface area (Å²) in [7, 11) is 0. The molecule has 2 fully saturated rings. The molecule has 188 valence electrons. The van der Waals surface area contributed by atoms with Gasteiger partial charge in [-0.1, -0.05) is 19.4 Å². The van der Waals surface area contributed by atoms with Crippen LogP contribution in [0.15, 0.2) is 52.0 Å². The minimum atomic E-state index is -0.0315. The number of ether oxygens (including phenoxy) is 1. The Morgan fingerprint density at radius 2 is 1.83 bits per heavy atom. The van der Waals surface area contributed by atoms with Gasteiger partial charge in [0.1, 0.15) is 17.4 Å². The molecule has 1 unspecified atom stereocenters. The van der Waals surface area contributed by atoms with E-state index in [2.05, 4.69) is 22.4 Å². The molecule has 1 aliphatic carbocycles. The molecule has 3 heterocycles. The van der Waals surface area contributed by atoms with Gasteiger partial charge >= 0.3 is 0 Å². The Hall–Kier alpha value is -3.19. The number of nitrogens with zero attached hydrogens (tertiary/aromatic N) is 3. The largest absolute Gasteiger partial charge is 0.489 e. The van der Waals surface area contributed by atoms with E-state index in [-0.39, 0.29) is 17.9 Å². The van der Waals surface area contributed by atoms with Crippen molar-refractivity contribution in [3.63, 3.8) is 0 Å². The Kier molecular flexibility index (Phi) is 6.48. The summed E-state index contributed by atoms with van der Waals surface area (Å²) in [5.41, 5.74) is 6.91.